The molecule has 3 nitrogen and oxygen atoms in total. The summed E-state index contributed by atoms with van der Waals surface area (Å²) >= 11 is 0. The lowest BCUT2D eigenvalue weighted by Gasteiger charge is -2.10. The Bertz CT molecular complexity index is 210. The molecule has 2 atom stereocenters. The molecule has 2 unspecified atom stereocenters. The summed E-state index contributed by atoms with van der Waals surface area (Å²) in [5, 5.41) is 19.2. The molecule has 0 amide bonds. The van der Waals surface area contributed by atoms with Gasteiger partial charge in [-0.1, -0.05) is 5.16 Å². The van der Waals surface area contributed by atoms with Gasteiger partial charge in [0.25, 0.3) is 0 Å². The Balaban J connectivity index is 2.24. The van der Waals surface area contributed by atoms with E-state index in [1.54, 1.807) is 0 Å². The summed E-state index contributed by atoms with van der Waals surface area (Å²) in [7, 11) is 0. The van der Waals surface area contributed by atoms with Gasteiger partial charge in [-0.2, -0.15) is 0 Å². The van der Waals surface area contributed by atoms with Gasteiger partial charge in [0, 0.05) is 17.5 Å². The Morgan fingerprint density at radius 3 is 2.60 bits per heavy atom. The molecule has 0 aliphatic heterocycles. The van der Waals surface area contributed by atoms with Crippen LogP contribution in [0.15, 0.2) is 5.16 Å². The second kappa shape index (κ2) is 1.81. The molecule has 0 spiro atoms. The first-order valence-corrected chi connectivity index (χ1v) is 3.59. The van der Waals surface area contributed by atoms with E-state index in [9.17, 15) is 0 Å². The number of nitrogens with zero attached hydrogens (tertiary/aromatic N) is 1. The summed E-state index contributed by atoms with van der Waals surface area (Å²) in [5.41, 5.74) is 1.78. The van der Waals surface area contributed by atoms with Gasteiger partial charge in [-0.25, -0.2) is 0 Å². The van der Waals surface area contributed by atoms with E-state index in [2.05, 4.69) is 5.16 Å². The van der Waals surface area contributed by atoms with Gasteiger partial charge in [-0.05, 0) is 19.3 Å². The zero-order valence-electron chi connectivity index (χ0n) is 5.67. The van der Waals surface area contributed by atoms with Crippen LogP contribution in [0.2, 0.25) is 0 Å². The first kappa shape index (κ1) is 5.89. The van der Waals surface area contributed by atoms with Gasteiger partial charge in [0.05, 0.1) is 5.71 Å². The Morgan fingerprint density at radius 2 is 2.20 bits per heavy atom. The zero-order chi connectivity index (χ0) is 7.14. The van der Waals surface area contributed by atoms with E-state index in [4.69, 9.17) is 10.6 Å². The van der Waals surface area contributed by atoms with Crippen molar-refractivity contribution in [2.75, 3.05) is 0 Å². The van der Waals surface area contributed by atoms with Crippen LogP contribution in [-0.4, -0.2) is 16.6 Å². The fraction of sp³-hybridized carbons (Fsp3) is 0.714. The quantitative estimate of drug-likeness (QED) is 0.384. The minimum Gasteiger partial charge on any atom is -0.411 e. The number of hydrogen-bond acceptors (Lipinski definition) is 3. The van der Waals surface area contributed by atoms with Gasteiger partial charge >= 0.3 is 0 Å². The predicted octanol–water partition coefficient (Wildman–Crippen LogP) is 1.27. The first-order chi connectivity index (χ1) is 4.81. The minimum absolute atomic E-state index is 0.405. The van der Waals surface area contributed by atoms with Crippen molar-refractivity contribution < 1.29 is 5.21 Å². The van der Waals surface area contributed by atoms with Gasteiger partial charge in [-0.15, -0.1) is 0 Å². The highest BCUT2D eigenvalue weighted by molar-refractivity contribution is 6.03. The van der Waals surface area contributed by atoms with Crippen LogP contribution in [0.4, 0.5) is 0 Å². The Labute approximate surface area is 59.2 Å². The average molecular weight is 138 g/mol. The molecule has 2 fully saturated rings. The molecule has 0 radical (unpaired) electrons. The van der Waals surface area contributed by atoms with E-state index >= 15 is 0 Å². The van der Waals surface area contributed by atoms with Gasteiger partial charge < -0.3 is 10.6 Å². The lowest BCUT2D eigenvalue weighted by atomic mass is 9.97. The molecular weight excluding hydrogens is 128 g/mol. The molecule has 54 valence electrons. The highest BCUT2D eigenvalue weighted by atomic mass is 16.4. The lowest BCUT2D eigenvalue weighted by molar-refractivity contribution is 0.315. The summed E-state index contributed by atoms with van der Waals surface area (Å²) in [4.78, 5) is 0. The van der Waals surface area contributed by atoms with Crippen molar-refractivity contribution in [1.82, 2.24) is 0 Å². The van der Waals surface area contributed by atoms with E-state index in [-0.39, 0.29) is 0 Å². The standard InChI is InChI=1S/C7H10N2O/c8-6-2-5-1-4(6)3-7(5)9-10/h4-5,8,10H,1-3H2. The largest absolute Gasteiger partial charge is 0.411 e. The molecule has 2 saturated carbocycles. The molecule has 0 aromatic carbocycles. The van der Waals surface area contributed by atoms with E-state index in [0.717, 1.165) is 30.7 Å². The van der Waals surface area contributed by atoms with Crippen LogP contribution in [0.3, 0.4) is 0 Å². The highest BCUT2D eigenvalue weighted by Gasteiger charge is 2.40. The maximum absolute atomic E-state index is 8.49. The molecule has 3 heteroatoms. The van der Waals surface area contributed by atoms with Crippen molar-refractivity contribution in [1.29, 1.82) is 5.41 Å². The molecular formula is C7H10N2O. The smallest absolute Gasteiger partial charge is 0.0612 e. The molecule has 2 N–H and O–H groups in total. The summed E-state index contributed by atoms with van der Waals surface area (Å²) in [5.74, 6) is 0.818. The molecule has 2 rings (SSSR count). The molecule has 2 aliphatic rings. The van der Waals surface area contributed by atoms with Crippen LogP contribution in [0.25, 0.3) is 0 Å². The van der Waals surface area contributed by atoms with Gasteiger partial charge in [0.15, 0.2) is 0 Å². The first-order valence-electron chi connectivity index (χ1n) is 3.59. The summed E-state index contributed by atoms with van der Waals surface area (Å²) in [6.07, 6.45) is 2.72. The van der Waals surface area contributed by atoms with E-state index in [1.165, 1.54) is 0 Å². The van der Waals surface area contributed by atoms with E-state index < -0.39 is 0 Å². The van der Waals surface area contributed by atoms with Crippen LogP contribution in [-0.2, 0) is 0 Å². The number of oxime groups is 1. The van der Waals surface area contributed by atoms with Crippen molar-refractivity contribution in [2.24, 2.45) is 17.0 Å². The van der Waals surface area contributed by atoms with Gasteiger partial charge in [0.1, 0.15) is 0 Å². The molecule has 2 bridgehead atoms. The maximum atomic E-state index is 8.49. The molecule has 0 heterocycles. The van der Waals surface area contributed by atoms with E-state index in [0.29, 0.717) is 11.8 Å². The summed E-state index contributed by atoms with van der Waals surface area (Å²) in [6, 6.07) is 0. The Hall–Kier alpha value is -0.860. The third-order valence-electron chi connectivity index (χ3n) is 2.58. The second-order valence-corrected chi connectivity index (χ2v) is 3.15. The van der Waals surface area contributed by atoms with Crippen LogP contribution in [0.1, 0.15) is 19.3 Å². The summed E-state index contributed by atoms with van der Waals surface area (Å²) < 4.78 is 0. The monoisotopic (exact) mass is 138 g/mol. The molecule has 2 aliphatic carbocycles. The zero-order valence-corrected chi connectivity index (χ0v) is 5.67. The van der Waals surface area contributed by atoms with Gasteiger partial charge in [0.2, 0.25) is 0 Å². The fourth-order valence-electron chi connectivity index (χ4n) is 2.00. The van der Waals surface area contributed by atoms with Crippen LogP contribution >= 0.6 is 0 Å². The predicted molar refractivity (Wildman–Crippen MR) is 37.8 cm³/mol. The van der Waals surface area contributed by atoms with Crippen LogP contribution in [0, 0.1) is 17.2 Å². The topological polar surface area (TPSA) is 56.4 Å². The average Bonchev–Trinajstić information content (AvgIpc) is 2.44. The normalized spacial score (nSPS) is 41.6. The lowest BCUT2D eigenvalue weighted by Crippen LogP contribution is -2.16. The Morgan fingerprint density at radius 1 is 1.40 bits per heavy atom. The molecule has 0 aromatic rings. The van der Waals surface area contributed by atoms with E-state index in [1.807, 2.05) is 0 Å². The number of rotatable bonds is 0. The third kappa shape index (κ3) is 0.602. The highest BCUT2D eigenvalue weighted by Crippen LogP contribution is 2.40. The molecule has 0 aromatic heterocycles. The molecule has 10 heavy (non-hydrogen) atoms. The number of hydrogen-bond donors (Lipinski definition) is 2. The number of nitrogens with one attached hydrogen (secondary N) is 1. The SMILES string of the molecule is N=C1CC2CC1CC2=NO. The minimum atomic E-state index is 0.405. The third-order valence-corrected chi connectivity index (χ3v) is 2.58. The van der Waals surface area contributed by atoms with Crippen molar-refractivity contribution in [3.05, 3.63) is 0 Å². The second-order valence-electron chi connectivity index (χ2n) is 3.15. The van der Waals surface area contributed by atoms with Crippen molar-refractivity contribution in [3.63, 3.8) is 0 Å². The van der Waals surface area contributed by atoms with Crippen molar-refractivity contribution in [2.45, 2.75) is 19.3 Å². The fourth-order valence-corrected chi connectivity index (χ4v) is 2.00. The van der Waals surface area contributed by atoms with Crippen LogP contribution in [0.5, 0.6) is 0 Å². The van der Waals surface area contributed by atoms with Gasteiger partial charge in [-0.3, -0.25) is 0 Å². The maximum Gasteiger partial charge on any atom is 0.0612 e. The van der Waals surface area contributed by atoms with Crippen molar-refractivity contribution >= 4 is 11.4 Å². The number of fused-ring (bicyclic) bond motifs is 2. The van der Waals surface area contributed by atoms with Crippen LogP contribution < -0.4 is 0 Å². The Kier molecular flexibility index (Phi) is 1.07. The van der Waals surface area contributed by atoms with Crippen molar-refractivity contribution in [3.8, 4) is 0 Å². The molecule has 0 saturated heterocycles. The summed E-state index contributed by atoms with van der Waals surface area (Å²) in [6.45, 7) is 0.